The minimum Gasteiger partial charge on any atom is -0.280 e. The van der Waals surface area contributed by atoms with E-state index in [2.05, 4.69) is 83.9 Å². The Morgan fingerprint density at radius 1 is 0.778 bits per heavy atom. The second-order valence-electron chi connectivity index (χ2n) is 7.14. The largest absolute Gasteiger partial charge is 0.280 e. The van der Waals surface area contributed by atoms with E-state index in [1.165, 1.54) is 22.3 Å². The number of pyridine rings is 1. The molecule has 2 heteroatoms. The first-order valence-electron chi connectivity index (χ1n) is 9.34. The zero-order valence-corrected chi connectivity index (χ0v) is 15.0. The van der Waals surface area contributed by atoms with Gasteiger partial charge < -0.3 is 0 Å². The molecule has 1 aromatic heterocycles. The molecule has 0 amide bonds. The van der Waals surface area contributed by atoms with Crippen LogP contribution < -0.4 is 0 Å². The second-order valence-corrected chi connectivity index (χ2v) is 7.14. The SMILES string of the molecule is C1=CC(c2ccccc2)(c2ccccc2)CC2=C1C(c1cccnc1)=NC2. The first-order chi connectivity index (χ1) is 13.4. The Morgan fingerprint density at radius 2 is 1.48 bits per heavy atom. The van der Waals surface area contributed by atoms with Gasteiger partial charge in [0, 0.05) is 28.9 Å². The van der Waals surface area contributed by atoms with Crippen LogP contribution in [0.2, 0.25) is 0 Å². The lowest BCUT2D eigenvalue weighted by Crippen LogP contribution is -2.29. The van der Waals surface area contributed by atoms with Crippen molar-refractivity contribution in [2.24, 2.45) is 4.99 Å². The van der Waals surface area contributed by atoms with Crippen LogP contribution >= 0.6 is 0 Å². The fraction of sp³-hybridized carbons (Fsp3) is 0.120. The summed E-state index contributed by atoms with van der Waals surface area (Å²) in [5.41, 5.74) is 7.36. The molecule has 0 radical (unpaired) electrons. The Balaban J connectivity index is 1.59. The Morgan fingerprint density at radius 3 is 2.11 bits per heavy atom. The number of aliphatic imine (C=N–C) groups is 1. The highest BCUT2D eigenvalue weighted by molar-refractivity contribution is 6.16. The van der Waals surface area contributed by atoms with E-state index in [-0.39, 0.29) is 5.41 Å². The number of aromatic nitrogens is 1. The number of rotatable bonds is 3. The summed E-state index contributed by atoms with van der Waals surface area (Å²) in [6.45, 7) is 0.769. The van der Waals surface area contributed by atoms with Crippen LogP contribution in [0.15, 0.2) is 113 Å². The molecular formula is C25H20N2. The molecule has 2 heterocycles. The standard InChI is InChI=1S/C25H20N2/c1-3-9-21(10-4-1)25(22-11-5-2-6-12-22)14-13-23-20(16-25)18-27-24(23)19-8-7-15-26-17-19/h1-15,17H,16,18H2. The van der Waals surface area contributed by atoms with Crippen LogP contribution in [0.4, 0.5) is 0 Å². The van der Waals surface area contributed by atoms with E-state index < -0.39 is 0 Å². The van der Waals surface area contributed by atoms with E-state index >= 15 is 0 Å². The number of benzene rings is 2. The van der Waals surface area contributed by atoms with E-state index in [4.69, 9.17) is 4.99 Å². The number of allylic oxidation sites excluding steroid dienone is 3. The summed E-state index contributed by atoms with van der Waals surface area (Å²) in [4.78, 5) is 9.12. The summed E-state index contributed by atoms with van der Waals surface area (Å²) < 4.78 is 0. The van der Waals surface area contributed by atoms with Gasteiger partial charge in [-0.15, -0.1) is 0 Å². The third kappa shape index (κ3) is 2.65. The lowest BCUT2D eigenvalue weighted by molar-refractivity contribution is 0.620. The molecule has 0 saturated carbocycles. The topological polar surface area (TPSA) is 25.2 Å². The molecule has 0 unspecified atom stereocenters. The van der Waals surface area contributed by atoms with Gasteiger partial charge in [0.2, 0.25) is 0 Å². The zero-order chi connectivity index (χ0) is 18.1. The molecule has 0 bridgehead atoms. The van der Waals surface area contributed by atoms with Gasteiger partial charge in [-0.3, -0.25) is 9.98 Å². The Bertz CT molecular complexity index is 1010. The maximum atomic E-state index is 4.85. The van der Waals surface area contributed by atoms with Gasteiger partial charge in [0.05, 0.1) is 12.3 Å². The second kappa shape index (κ2) is 6.48. The van der Waals surface area contributed by atoms with Crippen molar-refractivity contribution < 1.29 is 0 Å². The quantitative estimate of drug-likeness (QED) is 0.644. The summed E-state index contributed by atoms with van der Waals surface area (Å²) in [6, 6.07) is 25.7. The van der Waals surface area contributed by atoms with Crippen LogP contribution in [0.1, 0.15) is 23.1 Å². The number of hydrogen-bond acceptors (Lipinski definition) is 2. The molecule has 1 aliphatic heterocycles. The fourth-order valence-electron chi connectivity index (χ4n) is 4.27. The Labute approximate surface area is 159 Å². The molecule has 5 rings (SSSR count). The Hall–Kier alpha value is -3.26. The van der Waals surface area contributed by atoms with Crippen molar-refractivity contribution in [3.8, 4) is 0 Å². The minimum absolute atomic E-state index is 0.138. The molecule has 0 saturated heterocycles. The summed E-state index contributed by atoms with van der Waals surface area (Å²) in [7, 11) is 0. The summed E-state index contributed by atoms with van der Waals surface area (Å²) in [5.74, 6) is 0. The van der Waals surface area contributed by atoms with Crippen molar-refractivity contribution in [2.75, 3.05) is 6.54 Å². The molecule has 0 atom stereocenters. The van der Waals surface area contributed by atoms with E-state index in [1.54, 1.807) is 6.20 Å². The van der Waals surface area contributed by atoms with Crippen LogP contribution in [0.25, 0.3) is 0 Å². The van der Waals surface area contributed by atoms with Gasteiger partial charge in [-0.05, 0) is 35.3 Å². The highest BCUT2D eigenvalue weighted by atomic mass is 14.8. The van der Waals surface area contributed by atoms with Crippen molar-refractivity contribution >= 4 is 5.71 Å². The highest BCUT2D eigenvalue weighted by Gasteiger charge is 2.37. The third-order valence-corrected chi connectivity index (χ3v) is 5.60. The van der Waals surface area contributed by atoms with Gasteiger partial charge in [0.15, 0.2) is 0 Å². The van der Waals surface area contributed by atoms with Gasteiger partial charge in [0.25, 0.3) is 0 Å². The van der Waals surface area contributed by atoms with E-state index in [9.17, 15) is 0 Å². The average molecular weight is 348 g/mol. The molecule has 0 fully saturated rings. The minimum atomic E-state index is -0.138. The molecule has 130 valence electrons. The molecule has 1 aliphatic carbocycles. The fourth-order valence-corrected chi connectivity index (χ4v) is 4.27. The summed E-state index contributed by atoms with van der Waals surface area (Å²) in [5, 5.41) is 0. The van der Waals surface area contributed by atoms with Crippen molar-refractivity contribution in [1.82, 2.24) is 4.98 Å². The summed E-state index contributed by atoms with van der Waals surface area (Å²) in [6.07, 6.45) is 9.31. The summed E-state index contributed by atoms with van der Waals surface area (Å²) >= 11 is 0. The monoisotopic (exact) mass is 348 g/mol. The first kappa shape index (κ1) is 16.0. The molecule has 2 nitrogen and oxygen atoms in total. The highest BCUT2D eigenvalue weighted by Crippen LogP contribution is 2.44. The molecule has 0 spiro atoms. The maximum Gasteiger partial charge on any atom is 0.0738 e. The van der Waals surface area contributed by atoms with Crippen molar-refractivity contribution in [3.63, 3.8) is 0 Å². The van der Waals surface area contributed by atoms with Crippen LogP contribution in [0.5, 0.6) is 0 Å². The van der Waals surface area contributed by atoms with Gasteiger partial charge in [-0.25, -0.2) is 0 Å². The van der Waals surface area contributed by atoms with Gasteiger partial charge in [0.1, 0.15) is 0 Å². The Kier molecular flexibility index (Phi) is 3.83. The van der Waals surface area contributed by atoms with Gasteiger partial charge in [-0.2, -0.15) is 0 Å². The number of hydrogen-bond donors (Lipinski definition) is 0. The normalized spacial score (nSPS) is 17.6. The first-order valence-corrected chi connectivity index (χ1v) is 9.34. The molecule has 0 N–H and O–H groups in total. The molecule has 27 heavy (non-hydrogen) atoms. The van der Waals surface area contributed by atoms with Gasteiger partial charge in [-0.1, -0.05) is 72.8 Å². The van der Waals surface area contributed by atoms with Crippen LogP contribution in [-0.4, -0.2) is 17.2 Å². The predicted molar refractivity (Wildman–Crippen MR) is 110 cm³/mol. The smallest absolute Gasteiger partial charge is 0.0738 e. The lowest BCUT2D eigenvalue weighted by atomic mass is 9.67. The van der Waals surface area contributed by atoms with Crippen molar-refractivity contribution in [2.45, 2.75) is 11.8 Å². The average Bonchev–Trinajstić information content (AvgIpc) is 3.18. The predicted octanol–water partition coefficient (Wildman–Crippen LogP) is 5.13. The molecule has 2 aliphatic rings. The van der Waals surface area contributed by atoms with E-state index in [1.807, 2.05) is 12.3 Å². The molecular weight excluding hydrogens is 328 g/mol. The van der Waals surface area contributed by atoms with Crippen LogP contribution in [-0.2, 0) is 5.41 Å². The van der Waals surface area contributed by atoms with E-state index in [0.29, 0.717) is 0 Å². The number of nitrogens with zero attached hydrogens (tertiary/aromatic N) is 2. The van der Waals surface area contributed by atoms with Crippen molar-refractivity contribution in [3.05, 3.63) is 125 Å². The van der Waals surface area contributed by atoms with Crippen molar-refractivity contribution in [1.29, 1.82) is 0 Å². The molecule has 3 aromatic rings. The van der Waals surface area contributed by atoms with Crippen LogP contribution in [0, 0.1) is 0 Å². The lowest BCUT2D eigenvalue weighted by Gasteiger charge is -2.35. The third-order valence-electron chi connectivity index (χ3n) is 5.60. The zero-order valence-electron chi connectivity index (χ0n) is 15.0. The molecule has 2 aromatic carbocycles. The van der Waals surface area contributed by atoms with Gasteiger partial charge >= 0.3 is 0 Å². The van der Waals surface area contributed by atoms with E-state index in [0.717, 1.165) is 24.2 Å². The maximum absolute atomic E-state index is 4.85. The van der Waals surface area contributed by atoms with Crippen LogP contribution in [0.3, 0.4) is 0 Å².